The molecule has 1 aromatic heterocycles. The predicted octanol–water partition coefficient (Wildman–Crippen LogP) is 6.58. The lowest BCUT2D eigenvalue weighted by Gasteiger charge is -2.16. The van der Waals surface area contributed by atoms with Gasteiger partial charge >= 0.3 is 0 Å². The molecule has 29 heavy (non-hydrogen) atoms. The topological polar surface area (TPSA) is 58.9 Å². The van der Waals surface area contributed by atoms with E-state index in [-0.39, 0.29) is 17.4 Å². The van der Waals surface area contributed by atoms with E-state index in [9.17, 15) is 10.1 Å². The fraction of sp³-hybridized carbons (Fsp3) is 0.200. The van der Waals surface area contributed by atoms with Gasteiger partial charge in [0.2, 0.25) is 6.54 Å². The second-order valence-corrected chi connectivity index (χ2v) is 6.80. The van der Waals surface area contributed by atoms with Crippen LogP contribution in [0, 0.1) is 17.0 Å². The summed E-state index contributed by atoms with van der Waals surface area (Å²) in [5.74, 6) is -0.327. The molecule has 4 rings (SSSR count). The summed E-state index contributed by atoms with van der Waals surface area (Å²) in [7, 11) is 0. The molecule has 1 heterocycles. The number of H-pyrrole nitrogens is 1. The third-order valence-corrected chi connectivity index (χ3v) is 4.97. The number of nitro groups is 1. The van der Waals surface area contributed by atoms with Crippen LogP contribution in [0.2, 0.25) is 0 Å². The fourth-order valence-electron chi connectivity index (χ4n) is 3.67. The summed E-state index contributed by atoms with van der Waals surface area (Å²) in [5.41, 5.74) is 6.05. The van der Waals surface area contributed by atoms with Gasteiger partial charge in [0.1, 0.15) is 0 Å². The minimum atomic E-state index is -0.327. The average Bonchev–Trinajstić information content (AvgIpc) is 3.14. The van der Waals surface area contributed by atoms with Crippen molar-refractivity contribution in [1.29, 1.82) is 0 Å². The van der Waals surface area contributed by atoms with Crippen LogP contribution in [0.3, 0.4) is 0 Å². The molecule has 0 aliphatic rings. The molecule has 0 bridgehead atoms. The number of aryl methyl sites for hydroxylation is 1. The normalized spacial score (nSPS) is 11.6. The molecule has 0 fully saturated rings. The summed E-state index contributed by atoms with van der Waals surface area (Å²) in [6.45, 7) is 5.87. The second kappa shape index (κ2) is 9.20. The highest BCUT2D eigenvalue weighted by molar-refractivity contribution is 5.92. The first-order valence-corrected chi connectivity index (χ1v) is 9.98. The Morgan fingerprint density at radius 2 is 1.52 bits per heavy atom. The molecule has 0 aliphatic carbocycles. The Labute approximate surface area is 171 Å². The number of aromatic nitrogens is 1. The highest BCUT2D eigenvalue weighted by Crippen LogP contribution is 2.38. The number of fused-ring (bicyclic) bond motifs is 1. The zero-order valence-corrected chi connectivity index (χ0v) is 17.1. The van der Waals surface area contributed by atoms with Crippen LogP contribution >= 0.6 is 0 Å². The van der Waals surface area contributed by atoms with E-state index in [0.717, 1.165) is 38.9 Å². The van der Waals surface area contributed by atoms with E-state index < -0.39 is 0 Å². The molecule has 0 radical (unpaired) electrons. The molecule has 0 aliphatic heterocycles. The molecule has 3 aromatic carbocycles. The lowest BCUT2D eigenvalue weighted by molar-refractivity contribution is -0.481. The maximum atomic E-state index is 11.5. The van der Waals surface area contributed by atoms with Crippen molar-refractivity contribution in [2.24, 2.45) is 0 Å². The van der Waals surface area contributed by atoms with Gasteiger partial charge in [-0.1, -0.05) is 92.2 Å². The Balaban J connectivity index is 0.00000117. The standard InChI is InChI=1S/C23H20N2O2.C2H6/c1-16-11-13-17(14-12-16)20(15-25(26)27)22-19-9-5-6-10-21(19)24-23(22)18-7-3-2-4-8-18;1-2/h2-14,20,24H,15H2,1H3;1-2H3. The Hall–Kier alpha value is -3.40. The van der Waals surface area contributed by atoms with E-state index in [4.69, 9.17) is 0 Å². The minimum Gasteiger partial charge on any atom is -0.354 e. The van der Waals surface area contributed by atoms with Crippen LogP contribution in [0.1, 0.15) is 36.5 Å². The molecule has 0 spiro atoms. The number of nitrogens with one attached hydrogen (secondary N) is 1. The van der Waals surface area contributed by atoms with Crippen molar-refractivity contribution in [3.05, 3.63) is 106 Å². The van der Waals surface area contributed by atoms with E-state index in [1.54, 1.807) is 0 Å². The minimum absolute atomic E-state index is 0.148. The van der Waals surface area contributed by atoms with Gasteiger partial charge in [-0.15, -0.1) is 0 Å². The number of aromatic amines is 1. The Bertz CT molecular complexity index is 1080. The lowest BCUT2D eigenvalue weighted by atomic mass is 9.87. The van der Waals surface area contributed by atoms with Crippen molar-refractivity contribution in [1.82, 2.24) is 4.98 Å². The molecule has 0 amide bonds. The molecule has 0 saturated heterocycles. The summed E-state index contributed by atoms with van der Waals surface area (Å²) in [6.07, 6.45) is 0. The van der Waals surface area contributed by atoms with E-state index in [0.29, 0.717) is 0 Å². The third kappa shape index (κ3) is 4.37. The van der Waals surface area contributed by atoms with Crippen LogP contribution in [0.25, 0.3) is 22.2 Å². The molecule has 4 heteroatoms. The maximum absolute atomic E-state index is 11.5. The number of rotatable bonds is 5. The van der Waals surface area contributed by atoms with Gasteiger partial charge in [0.15, 0.2) is 0 Å². The number of para-hydroxylation sites is 1. The van der Waals surface area contributed by atoms with Crippen molar-refractivity contribution < 1.29 is 4.92 Å². The third-order valence-electron chi connectivity index (χ3n) is 4.97. The van der Waals surface area contributed by atoms with Crippen LogP contribution in [0.5, 0.6) is 0 Å². The molecule has 4 aromatic rings. The van der Waals surface area contributed by atoms with E-state index >= 15 is 0 Å². The summed E-state index contributed by atoms with van der Waals surface area (Å²) in [5, 5.41) is 12.6. The molecular formula is C25H26N2O2. The average molecular weight is 386 g/mol. The molecule has 1 atom stereocenters. The van der Waals surface area contributed by atoms with E-state index in [1.807, 2.05) is 99.6 Å². The van der Waals surface area contributed by atoms with E-state index in [2.05, 4.69) is 4.98 Å². The molecular weight excluding hydrogens is 360 g/mol. The second-order valence-electron chi connectivity index (χ2n) is 6.80. The van der Waals surface area contributed by atoms with Crippen LogP contribution < -0.4 is 0 Å². The summed E-state index contributed by atoms with van der Waals surface area (Å²) in [4.78, 5) is 14.8. The molecule has 0 saturated carbocycles. The van der Waals surface area contributed by atoms with Crippen molar-refractivity contribution in [2.75, 3.05) is 6.54 Å². The number of hydrogen-bond donors (Lipinski definition) is 1. The van der Waals surface area contributed by atoms with Crippen LogP contribution in [0.4, 0.5) is 0 Å². The van der Waals surface area contributed by atoms with Gasteiger partial charge in [0, 0.05) is 15.8 Å². The zero-order valence-electron chi connectivity index (χ0n) is 17.1. The highest BCUT2D eigenvalue weighted by atomic mass is 16.6. The van der Waals surface area contributed by atoms with Gasteiger partial charge in [-0.05, 0) is 29.7 Å². The van der Waals surface area contributed by atoms with Crippen LogP contribution in [0.15, 0.2) is 78.9 Å². The molecule has 4 nitrogen and oxygen atoms in total. The fourth-order valence-corrected chi connectivity index (χ4v) is 3.67. The van der Waals surface area contributed by atoms with Gasteiger partial charge in [0.05, 0.1) is 11.6 Å². The number of hydrogen-bond acceptors (Lipinski definition) is 2. The first kappa shape index (κ1) is 20.3. The smallest absolute Gasteiger partial charge is 0.214 e. The number of nitrogens with zero attached hydrogens (tertiary/aromatic N) is 1. The Morgan fingerprint density at radius 3 is 2.17 bits per heavy atom. The Morgan fingerprint density at radius 1 is 0.897 bits per heavy atom. The highest BCUT2D eigenvalue weighted by Gasteiger charge is 2.27. The van der Waals surface area contributed by atoms with E-state index in [1.165, 1.54) is 0 Å². The lowest BCUT2D eigenvalue weighted by Crippen LogP contribution is -2.14. The SMILES string of the molecule is CC.Cc1ccc(C(C[N+](=O)[O-])c2c(-c3ccccc3)[nH]c3ccccc23)cc1. The van der Waals surface area contributed by atoms with Crippen molar-refractivity contribution >= 4 is 10.9 Å². The Kier molecular flexibility index (Phi) is 6.45. The quantitative estimate of drug-likeness (QED) is 0.311. The maximum Gasteiger partial charge on any atom is 0.214 e. The largest absolute Gasteiger partial charge is 0.354 e. The van der Waals surface area contributed by atoms with Crippen molar-refractivity contribution in [3.8, 4) is 11.3 Å². The van der Waals surface area contributed by atoms with Crippen molar-refractivity contribution in [3.63, 3.8) is 0 Å². The van der Waals surface area contributed by atoms with Gasteiger partial charge < -0.3 is 4.98 Å². The van der Waals surface area contributed by atoms with Crippen molar-refractivity contribution in [2.45, 2.75) is 26.7 Å². The molecule has 1 N–H and O–H groups in total. The van der Waals surface area contributed by atoms with Gasteiger partial charge in [-0.2, -0.15) is 0 Å². The summed E-state index contributed by atoms with van der Waals surface area (Å²) >= 11 is 0. The number of benzene rings is 3. The monoisotopic (exact) mass is 386 g/mol. The first-order chi connectivity index (χ1) is 14.1. The predicted molar refractivity (Wildman–Crippen MR) is 120 cm³/mol. The molecule has 148 valence electrons. The summed E-state index contributed by atoms with van der Waals surface area (Å²) < 4.78 is 0. The summed E-state index contributed by atoms with van der Waals surface area (Å²) in [6, 6.07) is 26.0. The first-order valence-electron chi connectivity index (χ1n) is 9.98. The van der Waals surface area contributed by atoms with Crippen LogP contribution in [-0.4, -0.2) is 16.5 Å². The van der Waals surface area contributed by atoms with Gasteiger partial charge in [0.25, 0.3) is 0 Å². The van der Waals surface area contributed by atoms with Crippen LogP contribution in [-0.2, 0) is 0 Å². The molecule has 1 unspecified atom stereocenters. The van der Waals surface area contributed by atoms with Gasteiger partial charge in [-0.25, -0.2) is 0 Å². The van der Waals surface area contributed by atoms with Gasteiger partial charge in [-0.3, -0.25) is 10.1 Å². The zero-order chi connectivity index (χ0) is 20.8.